The predicted molar refractivity (Wildman–Crippen MR) is 72.9 cm³/mol. The predicted octanol–water partition coefficient (Wildman–Crippen LogP) is 2.69. The SMILES string of the molecule is CC(NC1CCCC1)C(O)c1ccc(F)c([N+](=O)[O-])c1. The molecule has 0 heterocycles. The first-order chi connectivity index (χ1) is 9.49. The Balaban J connectivity index is 2.09. The number of benzene rings is 1. The molecule has 20 heavy (non-hydrogen) atoms. The van der Waals surface area contributed by atoms with Crippen LogP contribution in [0.15, 0.2) is 18.2 Å². The normalized spacial score (nSPS) is 18.9. The zero-order chi connectivity index (χ0) is 14.7. The van der Waals surface area contributed by atoms with Crippen molar-refractivity contribution in [2.45, 2.75) is 50.8 Å². The molecule has 0 aromatic heterocycles. The van der Waals surface area contributed by atoms with Crippen molar-refractivity contribution in [1.82, 2.24) is 5.32 Å². The topological polar surface area (TPSA) is 75.4 Å². The molecule has 0 bridgehead atoms. The Morgan fingerprint density at radius 3 is 2.70 bits per heavy atom. The van der Waals surface area contributed by atoms with E-state index in [4.69, 9.17) is 0 Å². The van der Waals surface area contributed by atoms with Gasteiger partial charge in [0, 0.05) is 18.2 Å². The van der Waals surface area contributed by atoms with E-state index < -0.39 is 22.5 Å². The standard InChI is InChI=1S/C14H19FN2O3/c1-9(16-11-4-2-3-5-11)14(18)10-6-7-12(15)13(8-10)17(19)20/h6-9,11,14,16,18H,2-5H2,1H3. The fraction of sp³-hybridized carbons (Fsp3) is 0.571. The Kier molecular flexibility index (Phi) is 4.67. The summed E-state index contributed by atoms with van der Waals surface area (Å²) in [4.78, 5) is 9.94. The molecule has 0 spiro atoms. The molecular formula is C14H19FN2O3. The van der Waals surface area contributed by atoms with E-state index in [1.807, 2.05) is 6.92 Å². The van der Waals surface area contributed by atoms with Gasteiger partial charge in [0.25, 0.3) is 0 Å². The van der Waals surface area contributed by atoms with Crippen LogP contribution in [0.5, 0.6) is 0 Å². The number of nitrogens with one attached hydrogen (secondary N) is 1. The average Bonchev–Trinajstić information content (AvgIpc) is 2.91. The quantitative estimate of drug-likeness (QED) is 0.643. The maximum Gasteiger partial charge on any atom is 0.305 e. The van der Waals surface area contributed by atoms with Gasteiger partial charge in [-0.25, -0.2) is 0 Å². The second-order valence-corrected chi connectivity index (χ2v) is 5.35. The summed E-state index contributed by atoms with van der Waals surface area (Å²) in [6.07, 6.45) is 3.64. The van der Waals surface area contributed by atoms with Gasteiger partial charge in [-0.05, 0) is 31.4 Å². The van der Waals surface area contributed by atoms with Crippen molar-refractivity contribution in [2.24, 2.45) is 0 Å². The second kappa shape index (κ2) is 6.28. The lowest BCUT2D eigenvalue weighted by Crippen LogP contribution is -2.38. The molecule has 0 saturated heterocycles. The van der Waals surface area contributed by atoms with Crippen molar-refractivity contribution in [3.05, 3.63) is 39.7 Å². The fourth-order valence-electron chi connectivity index (χ4n) is 2.70. The first kappa shape index (κ1) is 14.9. The Labute approximate surface area is 117 Å². The molecule has 0 aliphatic heterocycles. The van der Waals surface area contributed by atoms with Crippen LogP contribution in [-0.4, -0.2) is 22.1 Å². The van der Waals surface area contributed by atoms with Gasteiger partial charge in [-0.3, -0.25) is 10.1 Å². The van der Waals surface area contributed by atoms with Crippen LogP contribution in [0.1, 0.15) is 44.3 Å². The molecule has 1 aliphatic carbocycles. The first-order valence-electron chi connectivity index (χ1n) is 6.87. The number of rotatable bonds is 5. The maximum atomic E-state index is 13.3. The molecule has 2 unspecified atom stereocenters. The van der Waals surface area contributed by atoms with Gasteiger partial charge in [-0.1, -0.05) is 18.9 Å². The summed E-state index contributed by atoms with van der Waals surface area (Å²) in [5.41, 5.74) is -0.245. The van der Waals surface area contributed by atoms with E-state index in [2.05, 4.69) is 5.32 Å². The van der Waals surface area contributed by atoms with Crippen molar-refractivity contribution in [2.75, 3.05) is 0 Å². The summed E-state index contributed by atoms with van der Waals surface area (Å²) in [7, 11) is 0. The molecule has 110 valence electrons. The second-order valence-electron chi connectivity index (χ2n) is 5.35. The number of nitro groups is 1. The number of hydrogen-bond donors (Lipinski definition) is 2. The van der Waals surface area contributed by atoms with E-state index in [1.54, 1.807) is 0 Å². The van der Waals surface area contributed by atoms with E-state index in [9.17, 15) is 19.6 Å². The summed E-state index contributed by atoms with van der Waals surface area (Å²) in [6, 6.07) is 3.67. The van der Waals surface area contributed by atoms with Crippen LogP contribution < -0.4 is 5.32 Å². The molecule has 1 saturated carbocycles. The number of aliphatic hydroxyl groups excluding tert-OH is 1. The van der Waals surface area contributed by atoms with E-state index in [0.717, 1.165) is 25.0 Å². The van der Waals surface area contributed by atoms with Crippen LogP contribution in [-0.2, 0) is 0 Å². The number of halogens is 1. The highest BCUT2D eigenvalue weighted by Crippen LogP contribution is 2.26. The van der Waals surface area contributed by atoms with Crippen LogP contribution in [0.4, 0.5) is 10.1 Å². The van der Waals surface area contributed by atoms with Crippen molar-refractivity contribution >= 4 is 5.69 Å². The average molecular weight is 282 g/mol. The number of hydrogen-bond acceptors (Lipinski definition) is 4. The molecule has 1 aliphatic rings. The summed E-state index contributed by atoms with van der Waals surface area (Å²) in [6.45, 7) is 1.83. The minimum Gasteiger partial charge on any atom is -0.387 e. The zero-order valence-electron chi connectivity index (χ0n) is 11.4. The lowest BCUT2D eigenvalue weighted by atomic mass is 10.0. The van der Waals surface area contributed by atoms with Crippen LogP contribution in [0.2, 0.25) is 0 Å². The Morgan fingerprint density at radius 1 is 1.45 bits per heavy atom. The molecule has 2 rings (SSSR count). The van der Waals surface area contributed by atoms with Crippen LogP contribution in [0, 0.1) is 15.9 Å². The van der Waals surface area contributed by atoms with Gasteiger partial charge in [0.15, 0.2) is 0 Å². The largest absolute Gasteiger partial charge is 0.387 e. The molecule has 1 aromatic rings. The lowest BCUT2D eigenvalue weighted by molar-refractivity contribution is -0.387. The van der Waals surface area contributed by atoms with Gasteiger partial charge in [0.2, 0.25) is 5.82 Å². The molecular weight excluding hydrogens is 263 g/mol. The lowest BCUT2D eigenvalue weighted by Gasteiger charge is -2.24. The van der Waals surface area contributed by atoms with E-state index >= 15 is 0 Å². The highest BCUT2D eigenvalue weighted by Gasteiger charge is 2.24. The number of nitrogens with zero attached hydrogens (tertiary/aromatic N) is 1. The first-order valence-corrected chi connectivity index (χ1v) is 6.87. The minimum atomic E-state index is -0.894. The molecule has 5 nitrogen and oxygen atoms in total. The summed E-state index contributed by atoms with van der Waals surface area (Å²) in [5, 5.41) is 24.3. The third-order valence-corrected chi connectivity index (χ3v) is 3.84. The van der Waals surface area contributed by atoms with Gasteiger partial charge >= 0.3 is 5.69 Å². The van der Waals surface area contributed by atoms with E-state index in [0.29, 0.717) is 11.6 Å². The van der Waals surface area contributed by atoms with Gasteiger partial charge in [-0.15, -0.1) is 0 Å². The van der Waals surface area contributed by atoms with Gasteiger partial charge in [0.05, 0.1) is 11.0 Å². The van der Waals surface area contributed by atoms with Crippen molar-refractivity contribution in [3.63, 3.8) is 0 Å². The van der Waals surface area contributed by atoms with Gasteiger partial charge in [-0.2, -0.15) is 4.39 Å². The highest BCUT2D eigenvalue weighted by atomic mass is 19.1. The summed E-state index contributed by atoms with van der Waals surface area (Å²) in [5.74, 6) is -0.887. The van der Waals surface area contributed by atoms with Crippen LogP contribution in [0.3, 0.4) is 0 Å². The molecule has 2 N–H and O–H groups in total. The fourth-order valence-corrected chi connectivity index (χ4v) is 2.70. The molecule has 1 aromatic carbocycles. The van der Waals surface area contributed by atoms with Crippen LogP contribution >= 0.6 is 0 Å². The zero-order valence-corrected chi connectivity index (χ0v) is 11.4. The number of aliphatic hydroxyl groups is 1. The number of nitro benzene ring substituents is 1. The highest BCUT2D eigenvalue weighted by molar-refractivity contribution is 5.37. The van der Waals surface area contributed by atoms with Gasteiger partial charge < -0.3 is 10.4 Å². The van der Waals surface area contributed by atoms with Crippen molar-refractivity contribution in [3.8, 4) is 0 Å². The van der Waals surface area contributed by atoms with Crippen molar-refractivity contribution < 1.29 is 14.4 Å². The van der Waals surface area contributed by atoms with Crippen LogP contribution in [0.25, 0.3) is 0 Å². The molecule has 0 radical (unpaired) electrons. The summed E-state index contributed by atoms with van der Waals surface area (Å²) < 4.78 is 13.3. The van der Waals surface area contributed by atoms with Gasteiger partial charge in [0.1, 0.15) is 0 Å². The van der Waals surface area contributed by atoms with Crippen molar-refractivity contribution in [1.29, 1.82) is 0 Å². The summed E-state index contributed by atoms with van der Waals surface area (Å²) >= 11 is 0. The Bertz CT molecular complexity index is 489. The third kappa shape index (κ3) is 3.32. The molecule has 6 heteroatoms. The van der Waals surface area contributed by atoms with E-state index in [1.165, 1.54) is 18.9 Å². The monoisotopic (exact) mass is 282 g/mol. The molecule has 1 fully saturated rings. The Hall–Kier alpha value is -1.53. The Morgan fingerprint density at radius 2 is 2.10 bits per heavy atom. The smallest absolute Gasteiger partial charge is 0.305 e. The van der Waals surface area contributed by atoms with E-state index in [-0.39, 0.29) is 6.04 Å². The maximum absolute atomic E-state index is 13.3. The molecule has 0 amide bonds. The third-order valence-electron chi connectivity index (χ3n) is 3.84. The minimum absolute atomic E-state index is 0.233. The molecule has 2 atom stereocenters.